The van der Waals surface area contributed by atoms with Crippen LogP contribution in [-0.2, 0) is 16.0 Å². The third-order valence-electron chi connectivity index (χ3n) is 4.21. The molecular formula is C18H21N3O3S. The van der Waals surface area contributed by atoms with Gasteiger partial charge in [-0.25, -0.2) is 4.98 Å². The van der Waals surface area contributed by atoms with Crippen LogP contribution in [0, 0.1) is 12.8 Å². The molecule has 1 aliphatic rings. The number of anilines is 1. The smallest absolute Gasteiger partial charge is 0.227 e. The van der Waals surface area contributed by atoms with Crippen LogP contribution < -0.4 is 15.0 Å². The normalized spacial score (nSPS) is 17.0. The number of aryl methyl sites for hydroxylation is 1. The van der Waals surface area contributed by atoms with Gasteiger partial charge in [-0.3, -0.25) is 9.59 Å². The minimum atomic E-state index is -0.323. The number of hydrogen-bond donors (Lipinski definition) is 1. The Morgan fingerprint density at radius 2 is 2.32 bits per heavy atom. The fourth-order valence-electron chi connectivity index (χ4n) is 2.89. The van der Waals surface area contributed by atoms with Gasteiger partial charge in [0.15, 0.2) is 0 Å². The maximum atomic E-state index is 12.4. The summed E-state index contributed by atoms with van der Waals surface area (Å²) >= 11 is 1.60. The fraction of sp³-hybridized carbons (Fsp3) is 0.389. The molecule has 1 N–H and O–H groups in total. The molecule has 1 atom stereocenters. The van der Waals surface area contributed by atoms with Gasteiger partial charge >= 0.3 is 0 Å². The first-order chi connectivity index (χ1) is 12.1. The quantitative estimate of drug-likeness (QED) is 0.858. The van der Waals surface area contributed by atoms with Crippen molar-refractivity contribution in [2.75, 3.05) is 25.1 Å². The highest BCUT2D eigenvalue weighted by Gasteiger charge is 2.35. The molecule has 1 saturated heterocycles. The first-order valence-electron chi connectivity index (χ1n) is 8.20. The Hall–Kier alpha value is -2.41. The van der Waals surface area contributed by atoms with Gasteiger partial charge < -0.3 is 15.0 Å². The molecule has 7 heteroatoms. The van der Waals surface area contributed by atoms with Crippen molar-refractivity contribution in [3.8, 4) is 5.75 Å². The maximum Gasteiger partial charge on any atom is 0.227 e. The van der Waals surface area contributed by atoms with Crippen LogP contribution in [-0.4, -0.2) is 37.0 Å². The molecule has 0 saturated carbocycles. The van der Waals surface area contributed by atoms with Crippen molar-refractivity contribution in [2.45, 2.75) is 19.8 Å². The molecular weight excluding hydrogens is 338 g/mol. The molecule has 25 heavy (non-hydrogen) atoms. The predicted octanol–water partition coefficient (Wildman–Crippen LogP) is 2.17. The van der Waals surface area contributed by atoms with Crippen LogP contribution in [0.15, 0.2) is 29.6 Å². The van der Waals surface area contributed by atoms with Crippen LogP contribution >= 0.6 is 11.3 Å². The van der Waals surface area contributed by atoms with Crippen molar-refractivity contribution in [2.24, 2.45) is 5.92 Å². The van der Waals surface area contributed by atoms with Gasteiger partial charge in [-0.05, 0) is 19.1 Å². The number of carbonyl (C=O) groups is 2. The van der Waals surface area contributed by atoms with Gasteiger partial charge in [0.1, 0.15) is 5.75 Å². The third kappa shape index (κ3) is 4.17. The van der Waals surface area contributed by atoms with Gasteiger partial charge in [-0.15, -0.1) is 11.3 Å². The summed E-state index contributed by atoms with van der Waals surface area (Å²) in [6.45, 7) is 2.89. The van der Waals surface area contributed by atoms with E-state index >= 15 is 0 Å². The lowest BCUT2D eigenvalue weighted by Crippen LogP contribution is -2.34. The summed E-state index contributed by atoms with van der Waals surface area (Å²) in [5, 5.41) is 5.95. The number of aromatic nitrogens is 1. The van der Waals surface area contributed by atoms with Crippen LogP contribution in [0.3, 0.4) is 0 Å². The van der Waals surface area contributed by atoms with Gasteiger partial charge in [0.05, 0.1) is 23.7 Å². The summed E-state index contributed by atoms with van der Waals surface area (Å²) in [7, 11) is 1.59. The summed E-state index contributed by atoms with van der Waals surface area (Å²) in [6.07, 6.45) is 0.940. The van der Waals surface area contributed by atoms with Crippen molar-refractivity contribution in [1.29, 1.82) is 0 Å². The van der Waals surface area contributed by atoms with Gasteiger partial charge in [0.25, 0.3) is 0 Å². The van der Waals surface area contributed by atoms with Crippen LogP contribution in [0.2, 0.25) is 0 Å². The zero-order chi connectivity index (χ0) is 17.8. The average molecular weight is 359 g/mol. The van der Waals surface area contributed by atoms with E-state index in [0.717, 1.165) is 16.4 Å². The Labute approximate surface area is 150 Å². The lowest BCUT2D eigenvalue weighted by atomic mass is 10.1. The monoisotopic (exact) mass is 359 g/mol. The lowest BCUT2D eigenvalue weighted by molar-refractivity contribution is -0.126. The van der Waals surface area contributed by atoms with E-state index in [2.05, 4.69) is 10.3 Å². The molecule has 1 aliphatic heterocycles. The summed E-state index contributed by atoms with van der Waals surface area (Å²) in [5.41, 5.74) is 1.75. The van der Waals surface area contributed by atoms with Crippen LogP contribution in [0.4, 0.5) is 5.69 Å². The van der Waals surface area contributed by atoms with Crippen molar-refractivity contribution in [3.05, 3.63) is 40.3 Å². The maximum absolute atomic E-state index is 12.4. The van der Waals surface area contributed by atoms with Gasteiger partial charge in [0, 0.05) is 43.1 Å². The van der Waals surface area contributed by atoms with E-state index in [9.17, 15) is 9.59 Å². The van der Waals surface area contributed by atoms with Crippen LogP contribution in [0.1, 0.15) is 17.1 Å². The van der Waals surface area contributed by atoms with Crippen molar-refractivity contribution in [1.82, 2.24) is 10.3 Å². The number of benzene rings is 1. The SMILES string of the molecule is COc1cccc(N2CC(C(=O)NCCc3csc(C)n3)CC2=O)c1. The zero-order valence-corrected chi connectivity index (χ0v) is 15.1. The second kappa shape index (κ2) is 7.65. The summed E-state index contributed by atoms with van der Waals surface area (Å²) in [5.74, 6) is 0.252. The number of rotatable bonds is 6. The number of methoxy groups -OCH3 is 1. The van der Waals surface area contributed by atoms with E-state index in [1.165, 1.54) is 0 Å². The molecule has 0 spiro atoms. The zero-order valence-electron chi connectivity index (χ0n) is 14.3. The Morgan fingerprint density at radius 3 is 3.04 bits per heavy atom. The molecule has 0 aliphatic carbocycles. The average Bonchev–Trinajstić information content (AvgIpc) is 3.20. The Kier molecular flexibility index (Phi) is 5.33. The van der Waals surface area contributed by atoms with Gasteiger partial charge in [-0.2, -0.15) is 0 Å². The molecule has 2 aromatic rings. The van der Waals surface area contributed by atoms with Gasteiger partial charge in [-0.1, -0.05) is 6.07 Å². The van der Waals surface area contributed by atoms with Gasteiger partial charge in [0.2, 0.25) is 11.8 Å². The molecule has 1 unspecified atom stereocenters. The Morgan fingerprint density at radius 1 is 1.48 bits per heavy atom. The molecule has 0 bridgehead atoms. The minimum Gasteiger partial charge on any atom is -0.497 e. The molecule has 1 fully saturated rings. The third-order valence-corrected chi connectivity index (χ3v) is 5.03. The summed E-state index contributed by atoms with van der Waals surface area (Å²) in [6, 6.07) is 7.33. The van der Waals surface area contributed by atoms with E-state index in [-0.39, 0.29) is 24.2 Å². The van der Waals surface area contributed by atoms with Crippen LogP contribution in [0.25, 0.3) is 0 Å². The topological polar surface area (TPSA) is 71.5 Å². The van der Waals surface area contributed by atoms with E-state index < -0.39 is 0 Å². The molecule has 3 rings (SSSR count). The molecule has 1 aromatic carbocycles. The van der Waals surface area contributed by atoms with E-state index in [4.69, 9.17) is 4.74 Å². The molecule has 132 valence electrons. The highest BCUT2D eigenvalue weighted by atomic mass is 32.1. The fourth-order valence-corrected chi connectivity index (χ4v) is 3.54. The molecule has 2 heterocycles. The van der Waals surface area contributed by atoms with Crippen LogP contribution in [0.5, 0.6) is 5.75 Å². The number of hydrogen-bond acceptors (Lipinski definition) is 5. The minimum absolute atomic E-state index is 0.0384. The number of nitrogens with one attached hydrogen (secondary N) is 1. The standard InChI is InChI=1S/C18H21N3O3S/c1-12-20-14(11-25-12)6-7-19-18(23)13-8-17(22)21(10-13)15-4-3-5-16(9-15)24-2/h3-5,9,11,13H,6-8,10H2,1-2H3,(H,19,23). The van der Waals surface area contributed by atoms with E-state index in [1.54, 1.807) is 23.3 Å². The number of nitrogens with zero attached hydrogens (tertiary/aromatic N) is 2. The first-order valence-corrected chi connectivity index (χ1v) is 9.08. The Bertz CT molecular complexity index is 774. The molecule has 1 aromatic heterocycles. The first kappa shape index (κ1) is 17.4. The molecule has 2 amide bonds. The second-order valence-corrected chi connectivity index (χ2v) is 7.07. The molecule has 0 radical (unpaired) electrons. The Balaban J connectivity index is 1.55. The van der Waals surface area contributed by atoms with E-state index in [0.29, 0.717) is 25.3 Å². The van der Waals surface area contributed by atoms with Crippen molar-refractivity contribution in [3.63, 3.8) is 0 Å². The second-order valence-electron chi connectivity index (χ2n) is 6.01. The largest absolute Gasteiger partial charge is 0.497 e. The molecule has 6 nitrogen and oxygen atoms in total. The highest BCUT2D eigenvalue weighted by Crippen LogP contribution is 2.27. The van der Waals surface area contributed by atoms with Crippen molar-refractivity contribution < 1.29 is 14.3 Å². The lowest BCUT2D eigenvalue weighted by Gasteiger charge is -2.17. The number of carbonyl (C=O) groups excluding carboxylic acids is 2. The number of thiazole rings is 1. The summed E-state index contributed by atoms with van der Waals surface area (Å²) < 4.78 is 5.20. The highest BCUT2D eigenvalue weighted by molar-refractivity contribution is 7.09. The predicted molar refractivity (Wildman–Crippen MR) is 97.0 cm³/mol. The number of amides is 2. The van der Waals surface area contributed by atoms with Crippen molar-refractivity contribution >= 4 is 28.8 Å². The van der Waals surface area contributed by atoms with E-state index in [1.807, 2.05) is 36.6 Å². The number of ether oxygens (including phenoxy) is 1. The summed E-state index contributed by atoms with van der Waals surface area (Å²) in [4.78, 5) is 30.7.